The summed E-state index contributed by atoms with van der Waals surface area (Å²) >= 11 is 0. The second-order valence-corrected chi connectivity index (χ2v) is 33.5. The van der Waals surface area contributed by atoms with Crippen LogP contribution in [0.25, 0.3) is 0 Å². The van der Waals surface area contributed by atoms with Gasteiger partial charge in [-0.1, -0.05) is 370 Å². The summed E-state index contributed by atoms with van der Waals surface area (Å²) in [5.74, 6) is 0.203. The summed E-state index contributed by atoms with van der Waals surface area (Å²) in [5, 5.41) is 10.6. The molecular weight excluding hydrogens is 1310 g/mol. The Morgan fingerprint density at radius 2 is 0.460 bits per heavy atom. The van der Waals surface area contributed by atoms with Crippen LogP contribution in [0.3, 0.4) is 0 Å². The molecule has 594 valence electrons. The SMILES string of the molecule is CCCCCCCCCCCCCCCCCCC(=O)OC[C@H](COP(=O)(O)OC[C@@H](O)COP(=O)(O)OC[C@@H](COC(=O)CCCCCCCCCCCCC(C)C)OC(=O)CCCCCCCCCCCCC(C)C)OC(=O)CCCCCCCCCCCCCCCCCC(C)C. The third kappa shape index (κ3) is 74.3. The zero-order valence-corrected chi connectivity index (χ0v) is 67.5. The zero-order valence-electron chi connectivity index (χ0n) is 65.7. The Labute approximate surface area is 613 Å². The highest BCUT2D eigenvalue weighted by Gasteiger charge is 2.30. The van der Waals surface area contributed by atoms with E-state index in [1.807, 2.05) is 0 Å². The van der Waals surface area contributed by atoms with Gasteiger partial charge in [0.15, 0.2) is 12.2 Å². The van der Waals surface area contributed by atoms with Gasteiger partial charge in [-0.05, 0) is 43.4 Å². The van der Waals surface area contributed by atoms with Gasteiger partial charge in [0, 0.05) is 25.7 Å². The summed E-state index contributed by atoms with van der Waals surface area (Å²) in [4.78, 5) is 73.1. The lowest BCUT2D eigenvalue weighted by molar-refractivity contribution is -0.161. The first-order valence-corrected chi connectivity index (χ1v) is 44.8. The molecule has 0 fully saturated rings. The number of unbranched alkanes of at least 4 members (excludes halogenated alkanes) is 47. The molecule has 100 heavy (non-hydrogen) atoms. The maximum atomic E-state index is 13.1. The van der Waals surface area contributed by atoms with Crippen LogP contribution in [0.1, 0.15) is 421 Å². The van der Waals surface area contributed by atoms with Crippen LogP contribution in [-0.2, 0) is 65.4 Å². The highest BCUT2D eigenvalue weighted by molar-refractivity contribution is 7.47. The van der Waals surface area contributed by atoms with Crippen molar-refractivity contribution in [2.75, 3.05) is 39.6 Å². The average Bonchev–Trinajstić information content (AvgIpc) is 0.917. The van der Waals surface area contributed by atoms with Crippen molar-refractivity contribution in [3.63, 3.8) is 0 Å². The number of hydrogen-bond donors (Lipinski definition) is 3. The molecule has 3 N–H and O–H groups in total. The summed E-state index contributed by atoms with van der Waals surface area (Å²) in [7, 11) is -9.92. The smallest absolute Gasteiger partial charge is 0.462 e. The molecule has 0 rings (SSSR count). The summed E-state index contributed by atoms with van der Waals surface area (Å²) in [6, 6.07) is 0. The third-order valence-electron chi connectivity index (χ3n) is 18.9. The number of hydrogen-bond acceptors (Lipinski definition) is 15. The standard InChI is InChI=1S/C81H158O17P2/c1-8-9-10-11-12-13-14-15-16-19-22-25-34-41-48-55-62-78(83)91-68-76(97-80(85)64-57-50-43-36-26-23-20-17-18-21-24-31-38-45-52-59-72(2)3)70-95-99(87,88)93-66-75(82)67-94-100(89,90)96-71-77(98-81(86)65-58-51-44-37-30-28-33-40-47-54-61-74(6)7)69-92-79(84)63-56-49-42-35-29-27-32-39-46-53-60-73(4)5/h72-77,82H,8-71H2,1-7H3,(H,87,88)(H,89,90)/t75-,76-,77-/m1/s1. The Kier molecular flexibility index (Phi) is 69.9. The Bertz CT molecular complexity index is 1940. The predicted molar refractivity (Wildman–Crippen MR) is 409 cm³/mol. The van der Waals surface area contributed by atoms with Gasteiger partial charge < -0.3 is 33.8 Å². The Balaban J connectivity index is 5.26. The van der Waals surface area contributed by atoms with Gasteiger partial charge in [0.05, 0.1) is 26.4 Å². The molecule has 0 aromatic carbocycles. The monoisotopic (exact) mass is 1470 g/mol. The molecular formula is C81H158O17P2. The maximum Gasteiger partial charge on any atom is 0.472 e. The van der Waals surface area contributed by atoms with Crippen LogP contribution in [0, 0.1) is 17.8 Å². The van der Waals surface area contributed by atoms with Crippen molar-refractivity contribution >= 4 is 39.5 Å². The molecule has 0 aromatic heterocycles. The molecule has 2 unspecified atom stereocenters. The number of phosphoric acid groups is 2. The minimum atomic E-state index is -4.96. The number of esters is 4. The number of aliphatic hydroxyl groups excluding tert-OH is 1. The van der Waals surface area contributed by atoms with E-state index in [1.54, 1.807) is 0 Å². The maximum absolute atomic E-state index is 13.1. The van der Waals surface area contributed by atoms with Crippen LogP contribution >= 0.6 is 15.6 Å². The fraction of sp³-hybridized carbons (Fsp3) is 0.951. The fourth-order valence-corrected chi connectivity index (χ4v) is 14.1. The van der Waals surface area contributed by atoms with E-state index in [1.165, 1.54) is 231 Å². The Morgan fingerprint density at radius 1 is 0.270 bits per heavy atom. The average molecular weight is 1470 g/mol. The molecule has 17 nitrogen and oxygen atoms in total. The lowest BCUT2D eigenvalue weighted by Crippen LogP contribution is -2.30. The molecule has 0 radical (unpaired) electrons. The number of rotatable bonds is 79. The van der Waals surface area contributed by atoms with Crippen LogP contribution in [0.5, 0.6) is 0 Å². The van der Waals surface area contributed by atoms with Crippen LogP contribution in [0.15, 0.2) is 0 Å². The molecule has 0 spiro atoms. The fourth-order valence-electron chi connectivity index (χ4n) is 12.5. The summed E-state index contributed by atoms with van der Waals surface area (Å²) in [6.07, 6.45) is 59.6. The first-order valence-electron chi connectivity index (χ1n) is 41.8. The molecule has 0 aliphatic carbocycles. The van der Waals surface area contributed by atoms with Crippen molar-refractivity contribution in [1.29, 1.82) is 0 Å². The van der Waals surface area contributed by atoms with E-state index in [9.17, 15) is 43.2 Å². The first kappa shape index (κ1) is 98.1. The lowest BCUT2D eigenvalue weighted by atomic mass is 10.0. The number of phosphoric ester groups is 2. The van der Waals surface area contributed by atoms with Gasteiger partial charge in [-0.2, -0.15) is 0 Å². The van der Waals surface area contributed by atoms with Gasteiger partial charge in [-0.25, -0.2) is 9.13 Å². The molecule has 5 atom stereocenters. The van der Waals surface area contributed by atoms with E-state index in [0.717, 1.165) is 108 Å². The molecule has 0 saturated carbocycles. The van der Waals surface area contributed by atoms with E-state index in [0.29, 0.717) is 25.7 Å². The van der Waals surface area contributed by atoms with Gasteiger partial charge in [0.25, 0.3) is 0 Å². The van der Waals surface area contributed by atoms with Gasteiger partial charge in [-0.3, -0.25) is 37.3 Å². The minimum absolute atomic E-state index is 0.106. The van der Waals surface area contributed by atoms with Crippen LogP contribution in [0.4, 0.5) is 0 Å². The van der Waals surface area contributed by atoms with E-state index in [4.69, 9.17) is 37.0 Å². The van der Waals surface area contributed by atoms with Crippen LogP contribution in [-0.4, -0.2) is 96.7 Å². The topological polar surface area (TPSA) is 237 Å². The van der Waals surface area contributed by atoms with Crippen molar-refractivity contribution in [3.8, 4) is 0 Å². The van der Waals surface area contributed by atoms with E-state index in [2.05, 4.69) is 48.5 Å². The number of ether oxygens (including phenoxy) is 4. The van der Waals surface area contributed by atoms with E-state index < -0.39 is 97.5 Å². The third-order valence-corrected chi connectivity index (χ3v) is 20.8. The second-order valence-electron chi connectivity index (χ2n) is 30.6. The molecule has 0 aromatic rings. The second kappa shape index (κ2) is 71.3. The Hall–Kier alpha value is -1.94. The van der Waals surface area contributed by atoms with E-state index in [-0.39, 0.29) is 25.7 Å². The number of carbonyl (C=O) groups is 4. The number of carbonyl (C=O) groups excluding carboxylic acids is 4. The largest absolute Gasteiger partial charge is 0.472 e. The molecule has 19 heteroatoms. The zero-order chi connectivity index (χ0) is 73.7. The molecule has 0 heterocycles. The van der Waals surface area contributed by atoms with Crippen LogP contribution < -0.4 is 0 Å². The van der Waals surface area contributed by atoms with Gasteiger partial charge in [0.2, 0.25) is 0 Å². The lowest BCUT2D eigenvalue weighted by Gasteiger charge is -2.21. The summed E-state index contributed by atoms with van der Waals surface area (Å²) in [6.45, 7) is 12.0. The van der Waals surface area contributed by atoms with Crippen molar-refractivity contribution in [2.24, 2.45) is 17.8 Å². The quantitative estimate of drug-likeness (QED) is 0.0222. The van der Waals surface area contributed by atoms with Crippen LogP contribution in [0.2, 0.25) is 0 Å². The van der Waals surface area contributed by atoms with E-state index >= 15 is 0 Å². The van der Waals surface area contributed by atoms with Crippen molar-refractivity contribution < 1.29 is 80.2 Å². The molecule has 0 saturated heterocycles. The van der Waals surface area contributed by atoms with Crippen molar-refractivity contribution in [2.45, 2.75) is 439 Å². The highest BCUT2D eigenvalue weighted by atomic mass is 31.2. The molecule has 0 aliphatic heterocycles. The van der Waals surface area contributed by atoms with Crippen molar-refractivity contribution in [1.82, 2.24) is 0 Å². The normalized spacial score (nSPS) is 14.0. The molecule has 0 bridgehead atoms. The van der Waals surface area contributed by atoms with Gasteiger partial charge >= 0.3 is 39.5 Å². The van der Waals surface area contributed by atoms with Gasteiger partial charge in [0.1, 0.15) is 19.3 Å². The summed E-state index contributed by atoms with van der Waals surface area (Å²) in [5.41, 5.74) is 0. The van der Waals surface area contributed by atoms with Crippen molar-refractivity contribution in [3.05, 3.63) is 0 Å². The highest BCUT2D eigenvalue weighted by Crippen LogP contribution is 2.45. The number of aliphatic hydroxyl groups is 1. The predicted octanol–water partition coefficient (Wildman–Crippen LogP) is 24.1. The molecule has 0 amide bonds. The first-order chi connectivity index (χ1) is 48.2. The summed E-state index contributed by atoms with van der Waals surface area (Å²) < 4.78 is 68.8. The Morgan fingerprint density at radius 3 is 0.680 bits per heavy atom. The van der Waals surface area contributed by atoms with Gasteiger partial charge in [-0.15, -0.1) is 0 Å². The minimum Gasteiger partial charge on any atom is -0.462 e. The molecule has 0 aliphatic rings.